The molecule has 1 aromatic heterocycles. The molecule has 3 nitrogen and oxygen atoms in total. The van der Waals surface area contributed by atoms with Gasteiger partial charge in [-0.15, -0.1) is 0 Å². The predicted molar refractivity (Wildman–Crippen MR) is 96.9 cm³/mol. The van der Waals surface area contributed by atoms with Crippen molar-refractivity contribution in [1.82, 2.24) is 4.57 Å². The molecule has 0 atom stereocenters. The van der Waals surface area contributed by atoms with Crippen LogP contribution in [0.1, 0.15) is 5.56 Å². The molecule has 0 amide bonds. The van der Waals surface area contributed by atoms with E-state index in [1.165, 1.54) is 87.0 Å². The number of aryl methyl sites for hydroxylation is 1. The van der Waals surface area contributed by atoms with Gasteiger partial charge in [-0.05, 0) is 0 Å². The maximum atomic E-state index is 5.93. The standard InChI is InChI=1S/C18H13N3S.2W/c1-12-5-4-8-16-18(12)14-6-2-3-7-15(14)21(16)10-9-13-11-17(19)20-22-13;;/h2-9H,1H3,(H2,19,20);;/b13-9+;;. The number of fused-ring (bicyclic) bond motifs is 3. The van der Waals surface area contributed by atoms with E-state index in [-0.39, 0.29) is 0 Å². The molecule has 3 aromatic rings. The van der Waals surface area contributed by atoms with Crippen molar-refractivity contribution in [3.63, 3.8) is 0 Å². The second-order valence-corrected chi connectivity index (χ2v) is 9.34. The van der Waals surface area contributed by atoms with Crippen molar-refractivity contribution in [1.29, 1.82) is 0 Å². The molecule has 0 spiro atoms. The van der Waals surface area contributed by atoms with E-state index in [2.05, 4.69) is 64.4 Å². The van der Waals surface area contributed by atoms with Gasteiger partial charge >= 0.3 is 167 Å². The number of nitrogens with zero attached hydrogens (tertiary/aromatic N) is 2. The van der Waals surface area contributed by atoms with Crippen LogP contribution in [0.25, 0.3) is 21.8 Å². The molecular weight excluding hydrogens is 658 g/mol. The van der Waals surface area contributed by atoms with Gasteiger partial charge in [0.1, 0.15) is 0 Å². The average molecular weight is 671 g/mol. The zero-order chi connectivity index (χ0) is 16.8. The zero-order valence-corrected chi connectivity index (χ0v) is 19.5. The Morgan fingerprint density at radius 1 is 1.17 bits per heavy atom. The fraction of sp³-hybridized carbons (Fsp3) is 0.0556. The molecule has 0 saturated heterocycles. The van der Waals surface area contributed by atoms with Crippen LogP contribution in [0, 0.1) is 6.92 Å². The van der Waals surface area contributed by atoms with Crippen LogP contribution in [0.5, 0.6) is 0 Å². The first-order chi connectivity index (χ1) is 11.6. The average Bonchev–Trinajstić information content (AvgIpc) is 3.08. The van der Waals surface area contributed by atoms with Crippen LogP contribution in [0.15, 0.2) is 57.8 Å². The minimum atomic E-state index is 0.669. The summed E-state index contributed by atoms with van der Waals surface area (Å²) in [6.07, 6.45) is 2.24. The van der Waals surface area contributed by atoms with E-state index in [1.807, 2.05) is 0 Å². The van der Waals surface area contributed by atoms with Crippen molar-refractivity contribution in [3.8, 4) is 0 Å². The van der Waals surface area contributed by atoms with E-state index in [1.54, 1.807) is 0 Å². The van der Waals surface area contributed by atoms with E-state index < -0.39 is 0 Å². The first-order valence-electron chi connectivity index (χ1n) is 7.38. The summed E-state index contributed by atoms with van der Waals surface area (Å²) in [5, 5.41) is 2.65. The minimum absolute atomic E-state index is 0.669. The number of hydrogen-bond acceptors (Lipinski definition) is 3. The Kier molecular flexibility index (Phi) is 4.32. The Labute approximate surface area is 166 Å². The zero-order valence-electron chi connectivity index (χ0n) is 12.8. The van der Waals surface area contributed by atoms with E-state index in [4.69, 9.17) is 5.73 Å². The monoisotopic (exact) mass is 671 g/mol. The van der Waals surface area contributed by atoms with Crippen LogP contribution in [0.2, 0.25) is 0 Å². The summed E-state index contributed by atoms with van der Waals surface area (Å²) in [5.41, 5.74) is 9.76. The topological polar surface area (TPSA) is 43.3 Å². The van der Waals surface area contributed by atoms with Crippen molar-refractivity contribution in [3.05, 3.63) is 59.0 Å². The molecule has 24 heavy (non-hydrogen) atoms. The fourth-order valence-electron chi connectivity index (χ4n) is 3.01. The van der Waals surface area contributed by atoms with Crippen LogP contribution in [0.4, 0.5) is 0 Å². The maximum absolute atomic E-state index is 5.93. The first-order valence-corrected chi connectivity index (χ1v) is 11.1. The van der Waals surface area contributed by atoms with Crippen molar-refractivity contribution in [2.45, 2.75) is 6.92 Å². The molecule has 118 valence electrons. The molecular formula is C18H13N3SW2. The molecule has 2 heterocycles. The molecule has 0 unspecified atom stereocenters. The molecule has 6 heteroatoms. The van der Waals surface area contributed by atoms with Crippen LogP contribution in [-0.2, 0) is 38.7 Å². The quantitative estimate of drug-likeness (QED) is 0.426. The Bertz CT molecular complexity index is 1090. The molecule has 0 saturated carbocycles. The van der Waals surface area contributed by atoms with Gasteiger partial charge in [0.25, 0.3) is 0 Å². The van der Waals surface area contributed by atoms with E-state index in [0.29, 0.717) is 5.84 Å². The van der Waals surface area contributed by atoms with Crippen molar-refractivity contribution in [2.24, 2.45) is 10.1 Å². The molecule has 0 aliphatic carbocycles. The third kappa shape index (κ3) is 2.56. The van der Waals surface area contributed by atoms with Gasteiger partial charge in [0.15, 0.2) is 0 Å². The second kappa shape index (κ2) is 6.33. The number of allylic oxidation sites excluding steroid dienone is 1. The van der Waals surface area contributed by atoms with Crippen LogP contribution < -0.4 is 5.73 Å². The number of amidine groups is 1. The van der Waals surface area contributed by atoms with Crippen LogP contribution in [-0.4, -0.2) is 18.3 Å². The van der Waals surface area contributed by atoms with E-state index in [0.717, 1.165) is 3.90 Å². The summed E-state index contributed by atoms with van der Waals surface area (Å²) in [6, 6.07) is 15.2. The summed E-state index contributed by atoms with van der Waals surface area (Å²) in [4.78, 5) is 1.17. The molecule has 2 aromatic carbocycles. The van der Waals surface area contributed by atoms with Gasteiger partial charge in [0, 0.05) is 0 Å². The number of benzene rings is 2. The van der Waals surface area contributed by atoms with Gasteiger partial charge in [-0.25, -0.2) is 0 Å². The molecule has 0 bridgehead atoms. The van der Waals surface area contributed by atoms with Gasteiger partial charge in [-0.2, -0.15) is 0 Å². The predicted octanol–water partition coefficient (Wildman–Crippen LogP) is 3.25. The molecule has 0 fully saturated rings. The second-order valence-electron chi connectivity index (χ2n) is 5.57. The summed E-state index contributed by atoms with van der Waals surface area (Å²) in [7, 11) is 0. The molecule has 2 N–H and O–H groups in total. The van der Waals surface area contributed by atoms with Crippen molar-refractivity contribution < 1.29 is 38.7 Å². The number of nitrogens with two attached hydrogens (primary N) is 1. The van der Waals surface area contributed by atoms with Crippen molar-refractivity contribution >= 4 is 47.5 Å². The van der Waals surface area contributed by atoms with Crippen LogP contribution in [0.3, 0.4) is 0 Å². The molecule has 1 aliphatic heterocycles. The number of rotatable bonds is 2. The van der Waals surface area contributed by atoms with Crippen molar-refractivity contribution in [2.75, 3.05) is 0 Å². The molecule has 1 aliphatic rings. The van der Waals surface area contributed by atoms with Gasteiger partial charge in [0.05, 0.1) is 0 Å². The Balaban J connectivity index is 1.96. The fourth-order valence-corrected chi connectivity index (χ4v) is 6.08. The molecule has 4 rings (SSSR count). The Morgan fingerprint density at radius 2 is 1.92 bits per heavy atom. The van der Waals surface area contributed by atoms with Gasteiger partial charge in [-0.1, -0.05) is 0 Å². The first kappa shape index (κ1) is 16.4. The Morgan fingerprint density at radius 3 is 2.67 bits per heavy atom. The number of aromatic nitrogens is 1. The summed E-state index contributed by atoms with van der Waals surface area (Å²) in [5.74, 6) is 0.669. The number of hydrogen-bond donors (Lipinski definition) is 1. The normalized spacial score (nSPS) is 16.3. The number of para-hydroxylation sites is 1. The van der Waals surface area contributed by atoms with Crippen LogP contribution >= 0.6 is 11.9 Å². The summed E-state index contributed by atoms with van der Waals surface area (Å²) in [6.45, 7) is 2.18. The van der Waals surface area contributed by atoms with E-state index in [9.17, 15) is 0 Å². The Hall–Kier alpha value is -1.08. The van der Waals surface area contributed by atoms with Gasteiger partial charge in [-0.3, -0.25) is 0 Å². The van der Waals surface area contributed by atoms with Gasteiger partial charge < -0.3 is 0 Å². The molecule has 0 radical (unpaired) electrons. The summed E-state index contributed by atoms with van der Waals surface area (Å²) >= 11 is 4.28. The van der Waals surface area contributed by atoms with E-state index >= 15 is 0 Å². The summed E-state index contributed by atoms with van der Waals surface area (Å²) < 4.78 is 9.07. The SMILES string of the molecule is Cc1cccc2c1c1ccccc1n2[C](=[W])/C=C1/SN=C(N)[C]1=[W]. The van der Waals surface area contributed by atoms with Gasteiger partial charge in [0.2, 0.25) is 0 Å². The third-order valence-corrected chi connectivity index (χ3v) is 8.02. The third-order valence-electron chi connectivity index (χ3n) is 4.08.